The fourth-order valence-corrected chi connectivity index (χ4v) is 2.01. The maximum atomic E-state index is 12.4. The highest BCUT2D eigenvalue weighted by Gasteiger charge is 2.58. The van der Waals surface area contributed by atoms with Crippen molar-refractivity contribution in [3.05, 3.63) is 33.1 Å². The number of aliphatic hydroxyl groups is 3. The molecule has 0 amide bonds. The summed E-state index contributed by atoms with van der Waals surface area (Å²) >= 11 is 0. The van der Waals surface area contributed by atoms with Gasteiger partial charge in [0.25, 0.3) is 5.56 Å². The van der Waals surface area contributed by atoms with Crippen LogP contribution in [-0.2, 0) is 9.47 Å². The van der Waals surface area contributed by atoms with Crippen LogP contribution in [0.25, 0.3) is 0 Å². The summed E-state index contributed by atoms with van der Waals surface area (Å²) in [6, 6.07) is 0.972. The maximum Gasteiger partial charge on any atom is 0.330 e. The van der Waals surface area contributed by atoms with Crippen molar-refractivity contribution in [2.45, 2.75) is 24.2 Å². The van der Waals surface area contributed by atoms with Crippen molar-refractivity contribution in [1.82, 2.24) is 9.55 Å². The Morgan fingerprint density at radius 2 is 2.25 bits per heavy atom. The second-order valence-corrected chi connectivity index (χ2v) is 4.18. The normalized spacial score (nSPS) is 33.5. The minimum atomic E-state index is -2.58. The van der Waals surface area contributed by atoms with E-state index in [1.54, 1.807) is 0 Å². The summed E-state index contributed by atoms with van der Waals surface area (Å²) in [5, 5.41) is 29.0. The van der Waals surface area contributed by atoms with Crippen molar-refractivity contribution in [2.75, 3.05) is 13.5 Å². The van der Waals surface area contributed by atoms with Crippen LogP contribution in [0.4, 0.5) is 4.39 Å². The van der Waals surface area contributed by atoms with E-state index < -0.39 is 48.9 Å². The van der Waals surface area contributed by atoms with Gasteiger partial charge >= 0.3 is 5.69 Å². The number of aromatic nitrogens is 2. The number of nitrogens with one attached hydrogen (secondary N) is 1. The Kier molecular flexibility index (Phi) is 4.01. The lowest BCUT2D eigenvalue weighted by molar-refractivity contribution is -0.291. The number of aliphatic hydroxyl groups excluding tert-OH is 2. The van der Waals surface area contributed by atoms with Crippen molar-refractivity contribution < 1.29 is 29.2 Å². The van der Waals surface area contributed by atoms with E-state index in [2.05, 4.69) is 4.74 Å². The second kappa shape index (κ2) is 5.42. The molecule has 1 aliphatic rings. The molecule has 1 aromatic rings. The van der Waals surface area contributed by atoms with Gasteiger partial charge in [0.15, 0.2) is 13.1 Å². The lowest BCUT2D eigenvalue weighted by Crippen LogP contribution is -2.51. The number of H-pyrrole nitrogens is 1. The number of halogens is 1. The van der Waals surface area contributed by atoms with Crippen molar-refractivity contribution >= 4 is 0 Å². The lowest BCUT2D eigenvalue weighted by Gasteiger charge is -2.30. The highest BCUT2D eigenvalue weighted by Crippen LogP contribution is 2.38. The first-order chi connectivity index (χ1) is 9.43. The van der Waals surface area contributed by atoms with E-state index in [0.29, 0.717) is 0 Å². The van der Waals surface area contributed by atoms with E-state index in [-0.39, 0.29) is 0 Å². The van der Waals surface area contributed by atoms with Gasteiger partial charge in [-0.25, -0.2) is 9.18 Å². The van der Waals surface area contributed by atoms with Crippen molar-refractivity contribution in [2.24, 2.45) is 0 Å². The fraction of sp³-hybridized carbons (Fsp3) is 0.600. The van der Waals surface area contributed by atoms with Crippen molar-refractivity contribution in [3.63, 3.8) is 0 Å². The third-order valence-electron chi connectivity index (χ3n) is 3.00. The molecule has 112 valence electrons. The molecule has 0 spiro atoms. The summed E-state index contributed by atoms with van der Waals surface area (Å²) in [6.07, 6.45) is -3.71. The molecule has 4 atom stereocenters. The quantitative estimate of drug-likeness (QED) is 0.448. The van der Waals surface area contributed by atoms with Crippen LogP contribution in [0, 0.1) is 0 Å². The summed E-state index contributed by atoms with van der Waals surface area (Å²) in [5.41, 5.74) is -1.63. The number of hydrogen-bond acceptors (Lipinski definition) is 7. The zero-order valence-corrected chi connectivity index (χ0v) is 10.1. The molecule has 2 rings (SSSR count). The Hall–Kier alpha value is -1.59. The summed E-state index contributed by atoms with van der Waals surface area (Å²) < 4.78 is 22.6. The van der Waals surface area contributed by atoms with Crippen molar-refractivity contribution in [1.29, 1.82) is 0 Å². The SMILES string of the molecule is O=c1ccn([C@@H]2O[C@H](CO)[C@@H](O)[C@]2(O)OCF)c(=O)[nH]1. The third kappa shape index (κ3) is 2.27. The van der Waals surface area contributed by atoms with E-state index in [4.69, 9.17) is 9.84 Å². The molecule has 2 heterocycles. The van der Waals surface area contributed by atoms with Gasteiger partial charge in [0.05, 0.1) is 6.61 Å². The third-order valence-corrected chi connectivity index (χ3v) is 3.00. The molecule has 4 N–H and O–H groups in total. The van der Waals surface area contributed by atoms with Gasteiger partial charge in [0.2, 0.25) is 5.79 Å². The van der Waals surface area contributed by atoms with Crippen LogP contribution in [0.2, 0.25) is 0 Å². The molecule has 1 aromatic heterocycles. The number of aromatic amines is 1. The highest BCUT2D eigenvalue weighted by atomic mass is 19.1. The first-order valence-corrected chi connectivity index (χ1v) is 5.62. The highest BCUT2D eigenvalue weighted by molar-refractivity contribution is 4.98. The van der Waals surface area contributed by atoms with Crippen LogP contribution in [0.3, 0.4) is 0 Å². The maximum absolute atomic E-state index is 12.4. The predicted octanol–water partition coefficient (Wildman–Crippen LogP) is -2.58. The minimum absolute atomic E-state index is 0.682. The Morgan fingerprint density at radius 3 is 2.80 bits per heavy atom. The summed E-state index contributed by atoms with van der Waals surface area (Å²) in [4.78, 5) is 24.5. The molecule has 0 aromatic carbocycles. The molecule has 10 heteroatoms. The van der Waals surface area contributed by atoms with E-state index >= 15 is 0 Å². The summed E-state index contributed by atoms with van der Waals surface area (Å²) in [5.74, 6) is -2.58. The minimum Gasteiger partial charge on any atom is -0.394 e. The van der Waals surface area contributed by atoms with E-state index in [1.807, 2.05) is 4.98 Å². The van der Waals surface area contributed by atoms with Crippen LogP contribution in [0.1, 0.15) is 6.23 Å². The molecule has 0 unspecified atom stereocenters. The monoisotopic (exact) mass is 292 g/mol. The molecule has 0 saturated carbocycles. The zero-order valence-electron chi connectivity index (χ0n) is 10.1. The Labute approximate surface area is 110 Å². The first-order valence-electron chi connectivity index (χ1n) is 5.62. The van der Waals surface area contributed by atoms with E-state index in [9.17, 15) is 24.2 Å². The Morgan fingerprint density at radius 1 is 1.55 bits per heavy atom. The van der Waals surface area contributed by atoms with Gasteiger partial charge in [-0.3, -0.25) is 14.3 Å². The first kappa shape index (κ1) is 14.8. The van der Waals surface area contributed by atoms with Crippen LogP contribution in [-0.4, -0.2) is 56.3 Å². The van der Waals surface area contributed by atoms with Gasteiger partial charge in [-0.05, 0) is 0 Å². The molecular weight excluding hydrogens is 279 g/mol. The molecule has 0 bridgehead atoms. The number of nitrogens with zero attached hydrogens (tertiary/aromatic N) is 1. The number of ether oxygens (including phenoxy) is 2. The van der Waals surface area contributed by atoms with E-state index in [0.717, 1.165) is 16.8 Å². The Balaban J connectivity index is 2.47. The largest absolute Gasteiger partial charge is 0.394 e. The Bertz CT molecular complexity index is 587. The summed E-state index contributed by atoms with van der Waals surface area (Å²) in [6.45, 7) is -2.14. The molecule has 0 radical (unpaired) electrons. The van der Waals surface area contributed by atoms with Crippen LogP contribution in [0.5, 0.6) is 0 Å². The van der Waals surface area contributed by atoms with E-state index in [1.165, 1.54) is 0 Å². The molecule has 1 aliphatic heterocycles. The number of rotatable bonds is 4. The predicted molar refractivity (Wildman–Crippen MR) is 60.3 cm³/mol. The molecular formula is C10H13FN2O7. The number of alkyl halides is 1. The van der Waals surface area contributed by atoms with Crippen LogP contribution < -0.4 is 11.2 Å². The van der Waals surface area contributed by atoms with Crippen molar-refractivity contribution in [3.8, 4) is 0 Å². The standard InChI is InChI=1S/C10H13FN2O7/c11-4-19-10(18)7(16)5(3-14)20-8(10)13-2-1-6(15)12-9(13)17/h1-2,5,7-8,14,16,18H,3-4H2,(H,12,15,17)/t5-,7-,8-,10+/m1/s1. The number of hydrogen-bond donors (Lipinski definition) is 4. The van der Waals surface area contributed by atoms with Gasteiger partial charge in [0.1, 0.15) is 12.2 Å². The zero-order chi connectivity index (χ0) is 14.9. The van der Waals surface area contributed by atoms with Crippen LogP contribution in [0.15, 0.2) is 21.9 Å². The molecule has 0 aliphatic carbocycles. The van der Waals surface area contributed by atoms with Crippen LogP contribution >= 0.6 is 0 Å². The second-order valence-electron chi connectivity index (χ2n) is 4.18. The smallest absolute Gasteiger partial charge is 0.330 e. The lowest BCUT2D eigenvalue weighted by atomic mass is 10.1. The van der Waals surface area contributed by atoms with Gasteiger partial charge in [-0.1, -0.05) is 0 Å². The fourth-order valence-electron chi connectivity index (χ4n) is 2.01. The molecule has 1 fully saturated rings. The molecule has 1 saturated heterocycles. The molecule has 20 heavy (non-hydrogen) atoms. The molecule has 9 nitrogen and oxygen atoms in total. The topological polar surface area (TPSA) is 134 Å². The average Bonchev–Trinajstić information content (AvgIpc) is 2.63. The summed E-state index contributed by atoms with van der Waals surface area (Å²) in [7, 11) is 0. The van der Waals surface area contributed by atoms with Gasteiger partial charge < -0.3 is 24.8 Å². The van der Waals surface area contributed by atoms with Gasteiger partial charge in [0, 0.05) is 12.3 Å². The van der Waals surface area contributed by atoms with Gasteiger partial charge in [-0.15, -0.1) is 0 Å². The van der Waals surface area contributed by atoms with Gasteiger partial charge in [-0.2, -0.15) is 0 Å². The average molecular weight is 292 g/mol.